The first-order valence-corrected chi connectivity index (χ1v) is 10.7. The van der Waals surface area contributed by atoms with Crippen molar-refractivity contribution in [3.05, 3.63) is 35.6 Å². The molecule has 1 aromatic carbocycles. The number of unbranched alkanes of at least 4 members (excludes halogenated alkanes) is 1. The van der Waals surface area contributed by atoms with E-state index in [9.17, 15) is 9.18 Å². The molecule has 1 aliphatic heterocycles. The van der Waals surface area contributed by atoms with E-state index in [0.717, 1.165) is 51.1 Å². The van der Waals surface area contributed by atoms with Crippen molar-refractivity contribution in [1.82, 2.24) is 4.90 Å². The molecule has 2 fully saturated rings. The topological polar surface area (TPSA) is 20.3 Å². The molecule has 3 heteroatoms. The van der Waals surface area contributed by atoms with Gasteiger partial charge in [-0.2, -0.15) is 0 Å². The van der Waals surface area contributed by atoms with Crippen LogP contribution in [-0.4, -0.2) is 23.9 Å². The SMILES string of the molecule is CCCCC1CCC(C(=O)N2CCCCC(c3ccc(F)cc3)C2)CC1. The summed E-state index contributed by atoms with van der Waals surface area (Å²) in [5.41, 5.74) is 1.18. The lowest BCUT2D eigenvalue weighted by molar-refractivity contribution is -0.137. The number of carbonyl (C=O) groups is 1. The Morgan fingerprint density at radius 3 is 2.50 bits per heavy atom. The molecular formula is C23H34FNO. The van der Waals surface area contributed by atoms with E-state index in [0.29, 0.717) is 11.8 Å². The van der Waals surface area contributed by atoms with Crippen molar-refractivity contribution in [1.29, 1.82) is 0 Å². The van der Waals surface area contributed by atoms with Gasteiger partial charge in [0.1, 0.15) is 5.82 Å². The Hall–Kier alpha value is -1.38. The number of nitrogens with zero attached hydrogens (tertiary/aromatic N) is 1. The second kappa shape index (κ2) is 9.53. The molecule has 1 saturated heterocycles. The van der Waals surface area contributed by atoms with Crippen LogP contribution in [0.5, 0.6) is 0 Å². The monoisotopic (exact) mass is 359 g/mol. The number of halogens is 1. The van der Waals surface area contributed by atoms with E-state index in [-0.39, 0.29) is 11.7 Å². The normalized spacial score (nSPS) is 27.2. The van der Waals surface area contributed by atoms with Gasteiger partial charge in [0.25, 0.3) is 0 Å². The van der Waals surface area contributed by atoms with Crippen molar-refractivity contribution in [3.63, 3.8) is 0 Å². The van der Waals surface area contributed by atoms with Gasteiger partial charge in [-0.05, 0) is 62.1 Å². The molecular weight excluding hydrogens is 325 g/mol. The molecule has 1 amide bonds. The fraction of sp³-hybridized carbons (Fsp3) is 0.696. The summed E-state index contributed by atoms with van der Waals surface area (Å²) in [5, 5.41) is 0. The highest BCUT2D eigenvalue weighted by Gasteiger charge is 2.31. The van der Waals surface area contributed by atoms with Crippen LogP contribution in [0.25, 0.3) is 0 Å². The van der Waals surface area contributed by atoms with E-state index in [1.165, 1.54) is 37.7 Å². The number of hydrogen-bond acceptors (Lipinski definition) is 1. The van der Waals surface area contributed by atoms with Gasteiger partial charge < -0.3 is 4.90 Å². The minimum Gasteiger partial charge on any atom is -0.342 e. The highest BCUT2D eigenvalue weighted by molar-refractivity contribution is 5.79. The molecule has 26 heavy (non-hydrogen) atoms. The molecule has 3 rings (SSSR count). The highest BCUT2D eigenvalue weighted by atomic mass is 19.1. The molecule has 1 aliphatic carbocycles. The van der Waals surface area contributed by atoms with E-state index >= 15 is 0 Å². The van der Waals surface area contributed by atoms with Crippen LogP contribution in [0.1, 0.15) is 82.6 Å². The maximum Gasteiger partial charge on any atom is 0.225 e. The Bertz CT molecular complexity index is 562. The van der Waals surface area contributed by atoms with E-state index < -0.39 is 0 Å². The van der Waals surface area contributed by atoms with Gasteiger partial charge in [0.05, 0.1) is 0 Å². The molecule has 144 valence electrons. The lowest BCUT2D eigenvalue weighted by Gasteiger charge is -2.33. The molecule has 1 atom stereocenters. The molecule has 0 aromatic heterocycles. The van der Waals surface area contributed by atoms with Gasteiger partial charge in [-0.25, -0.2) is 4.39 Å². The maximum atomic E-state index is 13.2. The van der Waals surface area contributed by atoms with Crippen molar-refractivity contribution >= 4 is 5.91 Å². The van der Waals surface area contributed by atoms with Gasteiger partial charge >= 0.3 is 0 Å². The zero-order chi connectivity index (χ0) is 18.4. The first-order valence-electron chi connectivity index (χ1n) is 10.7. The summed E-state index contributed by atoms with van der Waals surface area (Å²) < 4.78 is 13.2. The number of carbonyl (C=O) groups excluding carboxylic acids is 1. The average Bonchev–Trinajstić information content (AvgIpc) is 2.93. The zero-order valence-corrected chi connectivity index (χ0v) is 16.3. The minimum atomic E-state index is -0.185. The Kier molecular flexibility index (Phi) is 7.10. The fourth-order valence-electron chi connectivity index (χ4n) is 4.80. The maximum absolute atomic E-state index is 13.2. The summed E-state index contributed by atoms with van der Waals surface area (Å²) in [6.07, 6.45) is 11.9. The van der Waals surface area contributed by atoms with Crippen LogP contribution in [0.2, 0.25) is 0 Å². The zero-order valence-electron chi connectivity index (χ0n) is 16.3. The summed E-state index contributed by atoms with van der Waals surface area (Å²) in [6, 6.07) is 6.88. The van der Waals surface area contributed by atoms with Crippen LogP contribution in [-0.2, 0) is 4.79 Å². The Balaban J connectivity index is 1.57. The second-order valence-electron chi connectivity index (χ2n) is 8.39. The first-order chi connectivity index (χ1) is 12.7. The van der Waals surface area contributed by atoms with Gasteiger partial charge in [-0.3, -0.25) is 4.79 Å². The van der Waals surface area contributed by atoms with E-state index in [1.54, 1.807) is 12.1 Å². The van der Waals surface area contributed by atoms with Crippen LogP contribution in [0.3, 0.4) is 0 Å². The minimum absolute atomic E-state index is 0.185. The summed E-state index contributed by atoms with van der Waals surface area (Å²) in [7, 11) is 0. The van der Waals surface area contributed by atoms with Crippen molar-refractivity contribution in [3.8, 4) is 0 Å². The predicted molar refractivity (Wildman–Crippen MR) is 105 cm³/mol. The molecule has 2 nitrogen and oxygen atoms in total. The van der Waals surface area contributed by atoms with E-state index in [1.807, 2.05) is 12.1 Å². The molecule has 0 radical (unpaired) electrons. The van der Waals surface area contributed by atoms with Gasteiger partial charge in [0.2, 0.25) is 5.91 Å². The Labute approximate surface area is 158 Å². The van der Waals surface area contributed by atoms with Crippen molar-refractivity contribution in [2.75, 3.05) is 13.1 Å². The predicted octanol–water partition coefficient (Wildman–Crippen LogP) is 5.92. The van der Waals surface area contributed by atoms with Crippen molar-refractivity contribution in [2.24, 2.45) is 11.8 Å². The van der Waals surface area contributed by atoms with Gasteiger partial charge in [-0.1, -0.05) is 44.7 Å². The Morgan fingerprint density at radius 1 is 1.08 bits per heavy atom. The molecule has 1 aromatic rings. The van der Waals surface area contributed by atoms with E-state index in [2.05, 4.69) is 11.8 Å². The van der Waals surface area contributed by atoms with Gasteiger partial charge in [0, 0.05) is 24.9 Å². The summed E-state index contributed by atoms with van der Waals surface area (Å²) in [4.78, 5) is 15.2. The number of hydrogen-bond donors (Lipinski definition) is 0. The van der Waals surface area contributed by atoms with Crippen LogP contribution in [0, 0.1) is 17.7 Å². The number of likely N-dealkylation sites (tertiary alicyclic amines) is 1. The molecule has 1 saturated carbocycles. The van der Waals surface area contributed by atoms with Crippen LogP contribution in [0.15, 0.2) is 24.3 Å². The lowest BCUT2D eigenvalue weighted by Crippen LogP contribution is -2.39. The van der Waals surface area contributed by atoms with E-state index in [4.69, 9.17) is 0 Å². The molecule has 0 N–H and O–H groups in total. The third-order valence-electron chi connectivity index (χ3n) is 6.49. The number of benzene rings is 1. The molecule has 0 spiro atoms. The smallest absolute Gasteiger partial charge is 0.225 e. The fourth-order valence-corrected chi connectivity index (χ4v) is 4.80. The van der Waals surface area contributed by atoms with Gasteiger partial charge in [0.15, 0.2) is 0 Å². The largest absolute Gasteiger partial charge is 0.342 e. The van der Waals surface area contributed by atoms with Crippen molar-refractivity contribution in [2.45, 2.75) is 77.0 Å². The number of rotatable bonds is 5. The van der Waals surface area contributed by atoms with Crippen LogP contribution >= 0.6 is 0 Å². The molecule has 1 heterocycles. The second-order valence-corrected chi connectivity index (χ2v) is 8.39. The number of amides is 1. The summed E-state index contributed by atoms with van der Waals surface area (Å²) in [5.74, 6) is 1.63. The summed E-state index contributed by atoms with van der Waals surface area (Å²) >= 11 is 0. The summed E-state index contributed by atoms with van der Waals surface area (Å²) in [6.45, 7) is 3.96. The van der Waals surface area contributed by atoms with Crippen molar-refractivity contribution < 1.29 is 9.18 Å². The average molecular weight is 360 g/mol. The molecule has 2 aliphatic rings. The first kappa shape index (κ1) is 19.4. The molecule has 0 bridgehead atoms. The standard InChI is InChI=1S/C23H34FNO/c1-2-3-6-18-8-10-20(11-9-18)23(26)25-16-5-4-7-21(17-25)19-12-14-22(24)15-13-19/h12-15,18,20-21H,2-11,16-17H2,1H3. The van der Waals surface area contributed by atoms with Gasteiger partial charge in [-0.15, -0.1) is 0 Å². The quantitative estimate of drug-likeness (QED) is 0.639. The Morgan fingerprint density at radius 2 is 1.81 bits per heavy atom. The van der Waals surface area contributed by atoms with Crippen LogP contribution < -0.4 is 0 Å². The third-order valence-corrected chi connectivity index (χ3v) is 6.49. The van der Waals surface area contributed by atoms with Crippen LogP contribution in [0.4, 0.5) is 4.39 Å². The third kappa shape index (κ3) is 5.08. The lowest BCUT2D eigenvalue weighted by atomic mass is 9.79. The molecule has 1 unspecified atom stereocenters. The highest BCUT2D eigenvalue weighted by Crippen LogP contribution is 2.34.